The molecule has 4 atom stereocenters. The minimum absolute atomic E-state index is 0.170. The zero-order valence-corrected chi connectivity index (χ0v) is 18.9. The molecule has 0 radical (unpaired) electrons. The van der Waals surface area contributed by atoms with E-state index in [1.54, 1.807) is 18.7 Å². The zero-order chi connectivity index (χ0) is 23.7. The van der Waals surface area contributed by atoms with Gasteiger partial charge in [0, 0.05) is 0 Å². The van der Waals surface area contributed by atoms with Gasteiger partial charge in [-0.2, -0.15) is 0 Å². The van der Waals surface area contributed by atoms with Crippen LogP contribution in [-0.4, -0.2) is 52.5 Å². The van der Waals surface area contributed by atoms with E-state index in [1.807, 2.05) is 48.5 Å². The number of ether oxygens (including phenoxy) is 1. The molecular formula is C26H30N2O5. The summed E-state index contributed by atoms with van der Waals surface area (Å²) in [5.41, 5.74) is 9.80. The highest BCUT2D eigenvalue weighted by molar-refractivity contribution is 5.92. The molecule has 7 heteroatoms. The lowest BCUT2D eigenvalue weighted by atomic mass is 9.81. The van der Waals surface area contributed by atoms with E-state index in [2.05, 4.69) is 0 Å². The van der Waals surface area contributed by atoms with E-state index in [9.17, 15) is 19.5 Å². The van der Waals surface area contributed by atoms with Gasteiger partial charge in [0.05, 0.1) is 18.7 Å². The first-order valence-corrected chi connectivity index (χ1v) is 11.4. The molecule has 33 heavy (non-hydrogen) atoms. The number of ketones is 1. The molecule has 0 saturated heterocycles. The van der Waals surface area contributed by atoms with Gasteiger partial charge < -0.3 is 15.6 Å². The summed E-state index contributed by atoms with van der Waals surface area (Å²) in [5.74, 6) is -2.09. The maximum atomic E-state index is 13.4. The van der Waals surface area contributed by atoms with Gasteiger partial charge >= 0.3 is 11.9 Å². The number of hydrogen-bond donors (Lipinski definition) is 2. The van der Waals surface area contributed by atoms with Crippen LogP contribution in [-0.2, 0) is 38.4 Å². The Labute approximate surface area is 193 Å². The van der Waals surface area contributed by atoms with Gasteiger partial charge in [-0.25, -0.2) is 0 Å². The summed E-state index contributed by atoms with van der Waals surface area (Å²) < 4.78 is 5.46. The van der Waals surface area contributed by atoms with Gasteiger partial charge in [0.15, 0.2) is 5.78 Å². The molecule has 0 saturated carbocycles. The number of benzene rings is 2. The Hall–Kier alpha value is -3.03. The highest BCUT2D eigenvalue weighted by Crippen LogP contribution is 2.41. The molecule has 0 fully saturated rings. The first-order valence-electron chi connectivity index (χ1n) is 11.4. The number of Topliss-reactive ketones (excluding diaryl/α,β-unsaturated/α-hetero) is 1. The van der Waals surface area contributed by atoms with E-state index in [1.165, 1.54) is 0 Å². The summed E-state index contributed by atoms with van der Waals surface area (Å²) in [7, 11) is 0. The number of rotatable bonds is 7. The molecule has 4 unspecified atom stereocenters. The van der Waals surface area contributed by atoms with Crippen molar-refractivity contribution in [2.45, 2.75) is 57.3 Å². The van der Waals surface area contributed by atoms with E-state index in [-0.39, 0.29) is 24.7 Å². The van der Waals surface area contributed by atoms with E-state index in [0.717, 1.165) is 16.7 Å². The quantitative estimate of drug-likeness (QED) is 0.623. The third kappa shape index (κ3) is 4.30. The Kier molecular flexibility index (Phi) is 6.63. The molecule has 2 aromatic rings. The molecule has 0 spiro atoms. The number of fused-ring (bicyclic) bond motifs is 2. The highest BCUT2D eigenvalue weighted by Gasteiger charge is 2.51. The summed E-state index contributed by atoms with van der Waals surface area (Å²) in [6.07, 6.45) is 1.43. The smallest absolute Gasteiger partial charge is 0.323 e. The second-order valence-corrected chi connectivity index (χ2v) is 8.93. The van der Waals surface area contributed by atoms with Crippen LogP contribution in [0, 0.1) is 5.92 Å². The molecule has 7 nitrogen and oxygen atoms in total. The molecule has 0 aromatic heterocycles. The van der Waals surface area contributed by atoms with E-state index in [4.69, 9.17) is 10.5 Å². The van der Waals surface area contributed by atoms with Gasteiger partial charge in [-0.15, -0.1) is 0 Å². The summed E-state index contributed by atoms with van der Waals surface area (Å²) in [5, 5.41) is 10.2. The van der Waals surface area contributed by atoms with Crippen molar-refractivity contribution in [1.29, 1.82) is 0 Å². The molecule has 1 heterocycles. The molecule has 3 N–H and O–H groups in total. The first kappa shape index (κ1) is 23.1. The van der Waals surface area contributed by atoms with Crippen molar-refractivity contribution < 1.29 is 24.2 Å². The number of carbonyl (C=O) groups is 3. The Morgan fingerprint density at radius 2 is 1.61 bits per heavy atom. The number of aliphatic carboxylic acids is 1. The van der Waals surface area contributed by atoms with Crippen LogP contribution in [0.1, 0.15) is 42.1 Å². The summed E-state index contributed by atoms with van der Waals surface area (Å²) in [6.45, 7) is 3.49. The van der Waals surface area contributed by atoms with Crippen LogP contribution in [0.25, 0.3) is 0 Å². The molecule has 174 valence electrons. The largest absolute Gasteiger partial charge is 0.480 e. The first-order chi connectivity index (χ1) is 15.8. The molecule has 1 aliphatic carbocycles. The minimum atomic E-state index is -1.07. The number of nitrogens with zero attached hydrogens (tertiary/aromatic N) is 1. The molecule has 0 bridgehead atoms. The molecule has 4 rings (SSSR count). The lowest BCUT2D eigenvalue weighted by molar-refractivity contribution is -0.161. The topological polar surface area (TPSA) is 110 Å². The second kappa shape index (κ2) is 9.45. The fourth-order valence-corrected chi connectivity index (χ4v) is 5.36. The Balaban J connectivity index is 1.85. The highest BCUT2D eigenvalue weighted by atomic mass is 16.5. The summed E-state index contributed by atoms with van der Waals surface area (Å²) in [6, 6.07) is 11.6. The van der Waals surface area contributed by atoms with E-state index >= 15 is 0 Å². The van der Waals surface area contributed by atoms with Crippen LogP contribution in [0.3, 0.4) is 0 Å². The fraction of sp³-hybridized carbons (Fsp3) is 0.423. The number of carbonyl (C=O) groups excluding carboxylic acids is 2. The van der Waals surface area contributed by atoms with Gasteiger partial charge in [0.2, 0.25) is 0 Å². The Bertz CT molecular complexity index is 1040. The van der Waals surface area contributed by atoms with E-state index < -0.39 is 36.1 Å². The van der Waals surface area contributed by atoms with Crippen molar-refractivity contribution in [2.24, 2.45) is 11.7 Å². The SMILES string of the molecule is CCOC(=O)C(C1Cc2ccccc2C1)N1C(C(=O)O)Cc2ccccc2C1C(=O)C(C)N. The van der Waals surface area contributed by atoms with Crippen molar-refractivity contribution in [2.75, 3.05) is 6.61 Å². The third-order valence-electron chi connectivity index (χ3n) is 6.80. The predicted octanol–water partition coefficient (Wildman–Crippen LogP) is 2.30. The van der Waals surface area contributed by atoms with Gasteiger partial charge in [-0.05, 0) is 61.3 Å². The average molecular weight is 451 g/mol. The van der Waals surface area contributed by atoms with Crippen LogP contribution in [0.4, 0.5) is 0 Å². The number of carboxylic acid groups (broad SMARTS) is 1. The lowest BCUT2D eigenvalue weighted by Crippen LogP contribution is -2.61. The number of nitrogens with two attached hydrogens (primary N) is 1. The van der Waals surface area contributed by atoms with Crippen molar-refractivity contribution >= 4 is 17.7 Å². The number of esters is 1. The molecule has 0 amide bonds. The standard InChI is InChI=1S/C26H30N2O5/c1-3-33-26(32)22(19-12-16-8-4-5-9-17(16)13-19)28-21(25(30)31)14-18-10-6-7-11-20(18)23(28)24(29)15(2)27/h4-11,15,19,21-23H,3,12-14,27H2,1-2H3,(H,30,31). The van der Waals surface area contributed by atoms with Crippen LogP contribution >= 0.6 is 0 Å². The fourth-order valence-electron chi connectivity index (χ4n) is 5.36. The zero-order valence-electron chi connectivity index (χ0n) is 18.9. The summed E-state index contributed by atoms with van der Waals surface area (Å²) in [4.78, 5) is 40.9. The number of hydrogen-bond acceptors (Lipinski definition) is 6. The van der Waals surface area contributed by atoms with Crippen LogP contribution in [0.2, 0.25) is 0 Å². The van der Waals surface area contributed by atoms with Crippen LogP contribution < -0.4 is 5.73 Å². The van der Waals surface area contributed by atoms with Gasteiger partial charge in [0.25, 0.3) is 0 Å². The Morgan fingerprint density at radius 1 is 1.03 bits per heavy atom. The maximum Gasteiger partial charge on any atom is 0.323 e. The van der Waals surface area contributed by atoms with Crippen molar-refractivity contribution in [3.05, 3.63) is 70.8 Å². The second-order valence-electron chi connectivity index (χ2n) is 8.93. The lowest BCUT2D eigenvalue weighted by Gasteiger charge is -2.46. The normalized spacial score (nSPS) is 22.2. The van der Waals surface area contributed by atoms with Gasteiger partial charge in [-0.1, -0.05) is 48.5 Å². The molecule has 2 aromatic carbocycles. The number of carboxylic acids is 1. The third-order valence-corrected chi connectivity index (χ3v) is 6.80. The van der Waals surface area contributed by atoms with Gasteiger partial charge in [0.1, 0.15) is 12.1 Å². The molecule has 2 aliphatic rings. The predicted molar refractivity (Wildman–Crippen MR) is 123 cm³/mol. The Morgan fingerprint density at radius 3 is 2.15 bits per heavy atom. The van der Waals surface area contributed by atoms with E-state index in [0.29, 0.717) is 18.4 Å². The van der Waals surface area contributed by atoms with Crippen molar-refractivity contribution in [3.8, 4) is 0 Å². The van der Waals surface area contributed by atoms with Crippen molar-refractivity contribution in [1.82, 2.24) is 4.90 Å². The average Bonchev–Trinajstić information content (AvgIpc) is 3.21. The monoisotopic (exact) mass is 450 g/mol. The van der Waals surface area contributed by atoms with Crippen LogP contribution in [0.15, 0.2) is 48.5 Å². The minimum Gasteiger partial charge on any atom is -0.480 e. The molecule has 1 aliphatic heterocycles. The van der Waals surface area contributed by atoms with Crippen molar-refractivity contribution in [3.63, 3.8) is 0 Å². The van der Waals surface area contributed by atoms with Crippen LogP contribution in [0.5, 0.6) is 0 Å². The summed E-state index contributed by atoms with van der Waals surface area (Å²) >= 11 is 0. The van der Waals surface area contributed by atoms with Gasteiger partial charge in [-0.3, -0.25) is 19.3 Å². The maximum absolute atomic E-state index is 13.4. The molecular weight excluding hydrogens is 420 g/mol.